The smallest absolute Gasteiger partial charge is 0.272 e. The molecule has 4 aromatic carbocycles. The molecule has 0 fully saturated rings. The largest absolute Gasteiger partial charge is 0.321 e. The molecule has 10 heteroatoms. The van der Waals surface area contributed by atoms with Gasteiger partial charge in [0.15, 0.2) is 5.13 Å². The molecule has 0 saturated heterocycles. The van der Waals surface area contributed by atoms with Crippen LogP contribution in [0.25, 0.3) is 17.3 Å². The fourth-order valence-electron chi connectivity index (χ4n) is 4.40. The molecule has 5 rings (SSSR count). The Morgan fingerprint density at radius 1 is 0.848 bits per heavy atom. The van der Waals surface area contributed by atoms with Crippen molar-refractivity contribution in [1.29, 1.82) is 0 Å². The Bertz CT molecular complexity index is 1890. The van der Waals surface area contributed by atoms with Gasteiger partial charge in [0.2, 0.25) is 5.91 Å². The molecular weight excluding hydrogens is 636 g/mol. The fourth-order valence-corrected chi connectivity index (χ4v) is 6.30. The molecule has 0 aliphatic heterocycles. The number of nitrogens with zero attached hydrogens (tertiary/aromatic N) is 1. The molecule has 232 valence electrons. The number of hydrogen-bond acceptors (Lipinski definition) is 6. The summed E-state index contributed by atoms with van der Waals surface area (Å²) in [5.41, 5.74) is 4.61. The lowest BCUT2D eigenvalue weighted by Gasteiger charge is -2.13. The molecule has 5 aromatic rings. The maximum atomic E-state index is 13.4. The number of benzene rings is 4. The number of carbonyl (C=O) groups is 3. The number of rotatable bonds is 10. The zero-order valence-corrected chi connectivity index (χ0v) is 27.7. The van der Waals surface area contributed by atoms with Crippen molar-refractivity contribution in [3.63, 3.8) is 0 Å². The molecule has 0 aliphatic carbocycles. The van der Waals surface area contributed by atoms with Gasteiger partial charge in [0.1, 0.15) is 5.70 Å². The van der Waals surface area contributed by atoms with Gasteiger partial charge in [-0.15, -0.1) is 23.1 Å². The minimum Gasteiger partial charge on any atom is -0.321 e. The predicted octanol–water partition coefficient (Wildman–Crippen LogP) is 8.61. The highest BCUT2D eigenvalue weighted by Crippen LogP contribution is 2.32. The Morgan fingerprint density at radius 3 is 2.22 bits per heavy atom. The topological polar surface area (TPSA) is 100 Å². The number of hydrogen-bond donors (Lipinski definition) is 3. The second-order valence-corrected chi connectivity index (χ2v) is 13.4. The average Bonchev–Trinajstić information content (AvgIpc) is 3.42. The number of amides is 3. The van der Waals surface area contributed by atoms with Crippen LogP contribution in [0.2, 0.25) is 5.02 Å². The van der Waals surface area contributed by atoms with E-state index in [1.807, 2.05) is 63.2 Å². The third-order valence-electron chi connectivity index (χ3n) is 6.88. The summed E-state index contributed by atoms with van der Waals surface area (Å²) in [5, 5.41) is 9.10. The Hall–Kier alpha value is -4.70. The second-order valence-electron chi connectivity index (χ2n) is 10.4. The van der Waals surface area contributed by atoms with E-state index in [0.29, 0.717) is 27.0 Å². The van der Waals surface area contributed by atoms with Crippen molar-refractivity contribution in [2.24, 2.45) is 0 Å². The number of carbonyl (C=O) groups excluding carboxylic acids is 3. The van der Waals surface area contributed by atoms with Gasteiger partial charge in [-0.25, -0.2) is 4.98 Å². The quantitative estimate of drug-likeness (QED) is 0.102. The molecule has 0 spiro atoms. The third-order valence-corrected chi connectivity index (χ3v) is 9.22. The highest BCUT2D eigenvalue weighted by Gasteiger charge is 2.19. The van der Waals surface area contributed by atoms with E-state index in [2.05, 4.69) is 20.9 Å². The van der Waals surface area contributed by atoms with E-state index < -0.39 is 17.1 Å². The SMILES string of the molecule is Cc1ccc(-c2nc(NC(=O)C(C)Sc3ccc(NC(=O)/C(=C/c4ccccc4Cl)NC(=O)c4ccccc4)cc3)sc2C)cc1. The van der Waals surface area contributed by atoms with Crippen molar-refractivity contribution in [1.82, 2.24) is 10.3 Å². The van der Waals surface area contributed by atoms with E-state index in [1.54, 1.807) is 60.7 Å². The van der Waals surface area contributed by atoms with Crippen molar-refractivity contribution in [3.8, 4) is 11.3 Å². The Morgan fingerprint density at radius 2 is 1.52 bits per heavy atom. The highest BCUT2D eigenvalue weighted by atomic mass is 35.5. The van der Waals surface area contributed by atoms with Crippen LogP contribution >= 0.6 is 34.7 Å². The van der Waals surface area contributed by atoms with Gasteiger partial charge in [-0.05, 0) is 74.9 Å². The van der Waals surface area contributed by atoms with E-state index >= 15 is 0 Å². The normalized spacial score (nSPS) is 11.9. The van der Waals surface area contributed by atoms with Crippen molar-refractivity contribution in [2.75, 3.05) is 10.6 Å². The van der Waals surface area contributed by atoms with Crippen LogP contribution in [0.4, 0.5) is 10.8 Å². The molecule has 3 amide bonds. The predicted molar refractivity (Wildman–Crippen MR) is 189 cm³/mol. The third kappa shape index (κ3) is 8.51. The maximum absolute atomic E-state index is 13.4. The number of nitrogens with one attached hydrogen (secondary N) is 3. The number of aromatic nitrogens is 1. The van der Waals surface area contributed by atoms with Gasteiger partial charge in [0.25, 0.3) is 11.8 Å². The van der Waals surface area contributed by atoms with Crippen molar-refractivity contribution in [3.05, 3.63) is 135 Å². The summed E-state index contributed by atoms with van der Waals surface area (Å²) < 4.78 is 0. The summed E-state index contributed by atoms with van der Waals surface area (Å²) >= 11 is 9.17. The molecule has 1 heterocycles. The van der Waals surface area contributed by atoms with E-state index in [0.717, 1.165) is 21.0 Å². The van der Waals surface area contributed by atoms with Crippen LogP contribution in [-0.4, -0.2) is 28.0 Å². The van der Waals surface area contributed by atoms with Crippen LogP contribution in [0.3, 0.4) is 0 Å². The van der Waals surface area contributed by atoms with Crippen LogP contribution < -0.4 is 16.0 Å². The lowest BCUT2D eigenvalue weighted by atomic mass is 10.1. The van der Waals surface area contributed by atoms with E-state index in [9.17, 15) is 14.4 Å². The number of thiazole rings is 1. The molecule has 46 heavy (non-hydrogen) atoms. The number of thioether (sulfide) groups is 1. The first-order valence-electron chi connectivity index (χ1n) is 14.4. The molecule has 3 N–H and O–H groups in total. The van der Waals surface area contributed by atoms with Gasteiger partial charge >= 0.3 is 0 Å². The number of aryl methyl sites for hydroxylation is 2. The molecule has 0 aliphatic rings. The first-order valence-corrected chi connectivity index (χ1v) is 16.5. The van der Waals surface area contributed by atoms with Crippen molar-refractivity contribution in [2.45, 2.75) is 30.9 Å². The molecule has 0 bridgehead atoms. The number of anilines is 2. The highest BCUT2D eigenvalue weighted by molar-refractivity contribution is 8.00. The fraction of sp³-hybridized carbons (Fsp3) is 0.111. The van der Waals surface area contributed by atoms with E-state index in [4.69, 9.17) is 11.6 Å². The van der Waals surface area contributed by atoms with Gasteiger partial charge < -0.3 is 16.0 Å². The minimum atomic E-state index is -0.513. The Kier molecular flexibility index (Phi) is 10.7. The van der Waals surface area contributed by atoms with Crippen molar-refractivity contribution < 1.29 is 14.4 Å². The molecule has 1 atom stereocenters. The van der Waals surface area contributed by atoms with Gasteiger partial charge in [-0.3, -0.25) is 14.4 Å². The molecule has 7 nitrogen and oxygen atoms in total. The zero-order chi connectivity index (χ0) is 32.6. The monoisotopic (exact) mass is 666 g/mol. The molecule has 0 radical (unpaired) electrons. The standard InChI is InChI=1S/C36H31ClN4O3S2/c1-22-13-15-25(16-14-22)32-23(2)46-36(40-32)41-33(42)24(3)45-29-19-17-28(18-20-29)38-35(44)31(21-27-11-7-8-12-30(27)37)39-34(43)26-9-5-4-6-10-26/h4-21,24H,1-3H3,(H,38,44)(H,39,43)(H,40,41,42)/b31-21-. The van der Waals surface area contributed by atoms with Gasteiger partial charge in [-0.1, -0.05) is 77.8 Å². The van der Waals surface area contributed by atoms with Crippen molar-refractivity contribution >= 4 is 69.3 Å². The second kappa shape index (κ2) is 15.1. The Balaban J connectivity index is 1.22. The number of halogens is 1. The van der Waals surface area contributed by atoms with Crippen LogP contribution in [0.15, 0.2) is 114 Å². The van der Waals surface area contributed by atoms with Gasteiger partial charge in [0, 0.05) is 31.6 Å². The summed E-state index contributed by atoms with van der Waals surface area (Å²) in [4.78, 5) is 45.8. The summed E-state index contributed by atoms with van der Waals surface area (Å²) in [5.74, 6) is -1.09. The lowest BCUT2D eigenvalue weighted by molar-refractivity contribution is -0.115. The summed E-state index contributed by atoms with van der Waals surface area (Å²) in [6.45, 7) is 5.87. The van der Waals surface area contributed by atoms with Crippen LogP contribution in [-0.2, 0) is 9.59 Å². The van der Waals surface area contributed by atoms with E-state index in [1.165, 1.54) is 34.7 Å². The Labute approximate surface area is 281 Å². The molecular formula is C36H31ClN4O3S2. The first-order chi connectivity index (χ1) is 22.2. The lowest BCUT2D eigenvalue weighted by Crippen LogP contribution is -2.30. The first kappa shape index (κ1) is 32.7. The van der Waals surface area contributed by atoms with E-state index in [-0.39, 0.29) is 11.6 Å². The van der Waals surface area contributed by atoms with Gasteiger partial charge in [-0.2, -0.15) is 0 Å². The summed E-state index contributed by atoms with van der Waals surface area (Å²) in [6.07, 6.45) is 1.54. The van der Waals surface area contributed by atoms with Crippen LogP contribution in [0.1, 0.15) is 33.3 Å². The summed E-state index contributed by atoms with van der Waals surface area (Å²) in [6, 6.07) is 31.0. The molecule has 1 aromatic heterocycles. The summed E-state index contributed by atoms with van der Waals surface area (Å²) in [7, 11) is 0. The van der Waals surface area contributed by atoms with Gasteiger partial charge in [0.05, 0.1) is 10.9 Å². The molecule has 0 saturated carbocycles. The average molecular weight is 667 g/mol. The van der Waals surface area contributed by atoms with Crippen LogP contribution in [0, 0.1) is 13.8 Å². The zero-order valence-electron chi connectivity index (χ0n) is 25.3. The molecule has 1 unspecified atom stereocenters. The minimum absolute atomic E-state index is 0.0358. The van der Waals surface area contributed by atoms with Crippen LogP contribution in [0.5, 0.6) is 0 Å². The maximum Gasteiger partial charge on any atom is 0.272 e.